The van der Waals surface area contributed by atoms with Crippen molar-refractivity contribution in [2.45, 2.75) is 116 Å². The van der Waals surface area contributed by atoms with Crippen LogP contribution in [0.15, 0.2) is 42.5 Å². The number of para-hydroxylation sites is 1. The second-order valence-electron chi connectivity index (χ2n) is 9.60. The Balaban J connectivity index is 1.17. The van der Waals surface area contributed by atoms with E-state index in [0.717, 1.165) is 0 Å². The van der Waals surface area contributed by atoms with Crippen molar-refractivity contribution < 1.29 is 0 Å². The minimum absolute atomic E-state index is 1.22. The zero-order valence-electron chi connectivity index (χ0n) is 20.1. The van der Waals surface area contributed by atoms with Crippen molar-refractivity contribution in [2.24, 2.45) is 0 Å². The van der Waals surface area contributed by atoms with Crippen molar-refractivity contribution >= 4 is 21.8 Å². The van der Waals surface area contributed by atoms with Gasteiger partial charge in [0.1, 0.15) is 0 Å². The number of hydrogen-bond acceptors (Lipinski definition) is 0. The maximum atomic E-state index is 3.53. The molecule has 3 aromatic rings. The monoisotopic (exact) mass is 419 g/mol. The number of nitrogens with one attached hydrogen (secondary N) is 1. The summed E-state index contributed by atoms with van der Waals surface area (Å²) >= 11 is 0. The lowest BCUT2D eigenvalue weighted by atomic mass is 10.0. The SMILES string of the molecule is CCCCCCCCCCCCCCCCCCc1ccc2[nH]c3ccccc3c2c1. The van der Waals surface area contributed by atoms with Crippen molar-refractivity contribution in [1.82, 2.24) is 4.98 Å². The molecule has 0 aliphatic rings. The van der Waals surface area contributed by atoms with E-state index in [1.165, 1.54) is 137 Å². The molecule has 1 aromatic heterocycles. The van der Waals surface area contributed by atoms with Gasteiger partial charge in [0.25, 0.3) is 0 Å². The summed E-state index contributed by atoms with van der Waals surface area (Å²) in [5.74, 6) is 0. The fourth-order valence-electron chi connectivity index (χ4n) is 4.93. The molecule has 0 spiro atoms. The van der Waals surface area contributed by atoms with Crippen molar-refractivity contribution in [3.8, 4) is 0 Å². The van der Waals surface area contributed by atoms with Crippen LogP contribution in [0.3, 0.4) is 0 Å². The van der Waals surface area contributed by atoms with Crippen LogP contribution in [-0.4, -0.2) is 4.98 Å². The lowest BCUT2D eigenvalue weighted by molar-refractivity contribution is 0.529. The smallest absolute Gasteiger partial charge is 0.0465 e. The Morgan fingerprint density at radius 1 is 0.516 bits per heavy atom. The Bertz CT molecular complexity index is 859. The van der Waals surface area contributed by atoms with Gasteiger partial charge in [0, 0.05) is 21.8 Å². The predicted octanol–water partition coefficient (Wildman–Crippen LogP) is 10.1. The molecule has 1 nitrogen and oxygen atoms in total. The van der Waals surface area contributed by atoms with Crippen molar-refractivity contribution in [3.05, 3.63) is 48.0 Å². The summed E-state index contributed by atoms with van der Waals surface area (Å²) in [6.07, 6.45) is 24.2. The molecule has 0 atom stereocenters. The first-order chi connectivity index (χ1) is 15.4. The number of aryl methyl sites for hydroxylation is 1. The normalized spacial score (nSPS) is 11.6. The Labute approximate surface area is 191 Å². The molecule has 0 saturated heterocycles. The van der Waals surface area contributed by atoms with Crippen LogP contribution in [0.25, 0.3) is 21.8 Å². The van der Waals surface area contributed by atoms with E-state index in [1.54, 1.807) is 0 Å². The van der Waals surface area contributed by atoms with E-state index in [-0.39, 0.29) is 0 Å². The molecule has 0 bridgehead atoms. The summed E-state index contributed by atoms with van der Waals surface area (Å²) in [4.78, 5) is 3.53. The zero-order chi connectivity index (χ0) is 21.6. The van der Waals surface area contributed by atoms with Crippen LogP contribution in [0.5, 0.6) is 0 Å². The number of unbranched alkanes of at least 4 members (excludes halogenated alkanes) is 15. The number of benzene rings is 2. The van der Waals surface area contributed by atoms with Gasteiger partial charge in [-0.15, -0.1) is 0 Å². The molecule has 0 aliphatic carbocycles. The molecular formula is C30H45N. The molecule has 0 fully saturated rings. The molecule has 1 N–H and O–H groups in total. The van der Waals surface area contributed by atoms with E-state index in [1.807, 2.05) is 0 Å². The largest absolute Gasteiger partial charge is 0.355 e. The summed E-state index contributed by atoms with van der Waals surface area (Å²) in [5.41, 5.74) is 4.00. The van der Waals surface area contributed by atoms with Crippen LogP contribution in [-0.2, 0) is 6.42 Å². The number of rotatable bonds is 17. The van der Waals surface area contributed by atoms with E-state index in [4.69, 9.17) is 0 Å². The van der Waals surface area contributed by atoms with Gasteiger partial charge < -0.3 is 4.98 Å². The quantitative estimate of drug-likeness (QED) is 0.209. The molecule has 0 aliphatic heterocycles. The first-order valence-corrected chi connectivity index (χ1v) is 13.4. The van der Waals surface area contributed by atoms with Crippen LogP contribution in [0.2, 0.25) is 0 Å². The van der Waals surface area contributed by atoms with Gasteiger partial charge in [-0.2, -0.15) is 0 Å². The standard InChI is InChI=1S/C30H45N/c1-2-3-4-5-6-7-8-9-10-11-12-13-14-15-16-17-20-26-23-24-30-28(25-26)27-21-18-19-22-29(27)31-30/h18-19,21-25,31H,2-17,20H2,1H3. The summed E-state index contributed by atoms with van der Waals surface area (Å²) in [6, 6.07) is 15.6. The Morgan fingerprint density at radius 2 is 1.03 bits per heavy atom. The third-order valence-electron chi connectivity index (χ3n) is 6.89. The predicted molar refractivity (Wildman–Crippen MR) is 139 cm³/mol. The number of fused-ring (bicyclic) bond motifs is 3. The Hall–Kier alpha value is -1.76. The van der Waals surface area contributed by atoms with Gasteiger partial charge in [-0.25, -0.2) is 0 Å². The molecule has 170 valence electrons. The highest BCUT2D eigenvalue weighted by atomic mass is 14.7. The average molecular weight is 420 g/mol. The van der Waals surface area contributed by atoms with Crippen LogP contribution >= 0.6 is 0 Å². The lowest BCUT2D eigenvalue weighted by Crippen LogP contribution is -1.87. The van der Waals surface area contributed by atoms with Gasteiger partial charge in [0.2, 0.25) is 0 Å². The first kappa shape index (κ1) is 23.9. The maximum absolute atomic E-state index is 3.53. The molecule has 3 rings (SSSR count). The molecule has 2 aromatic carbocycles. The zero-order valence-corrected chi connectivity index (χ0v) is 20.1. The number of aromatic nitrogens is 1. The number of hydrogen-bond donors (Lipinski definition) is 1. The topological polar surface area (TPSA) is 15.8 Å². The number of H-pyrrole nitrogens is 1. The molecule has 1 heteroatoms. The van der Waals surface area contributed by atoms with Gasteiger partial charge in [-0.05, 0) is 36.6 Å². The van der Waals surface area contributed by atoms with Gasteiger partial charge in [0.15, 0.2) is 0 Å². The third kappa shape index (κ3) is 8.36. The van der Waals surface area contributed by atoms with Crippen LogP contribution in [0, 0.1) is 0 Å². The molecule has 0 unspecified atom stereocenters. The molecule has 0 radical (unpaired) electrons. The lowest BCUT2D eigenvalue weighted by Gasteiger charge is -2.04. The van der Waals surface area contributed by atoms with Gasteiger partial charge in [-0.3, -0.25) is 0 Å². The summed E-state index contributed by atoms with van der Waals surface area (Å²) < 4.78 is 0. The molecule has 1 heterocycles. The highest BCUT2D eigenvalue weighted by molar-refractivity contribution is 6.07. The van der Waals surface area contributed by atoms with E-state index in [2.05, 4.69) is 54.4 Å². The van der Waals surface area contributed by atoms with E-state index < -0.39 is 0 Å². The summed E-state index contributed by atoms with van der Waals surface area (Å²) in [7, 11) is 0. The Kier molecular flexibility index (Phi) is 11.0. The molecule has 31 heavy (non-hydrogen) atoms. The molecule has 0 saturated carbocycles. The van der Waals surface area contributed by atoms with Crippen molar-refractivity contribution in [1.29, 1.82) is 0 Å². The van der Waals surface area contributed by atoms with E-state index in [9.17, 15) is 0 Å². The van der Waals surface area contributed by atoms with Crippen molar-refractivity contribution in [2.75, 3.05) is 0 Å². The highest BCUT2D eigenvalue weighted by Gasteiger charge is 2.04. The third-order valence-corrected chi connectivity index (χ3v) is 6.89. The fourth-order valence-corrected chi connectivity index (χ4v) is 4.93. The van der Waals surface area contributed by atoms with Gasteiger partial charge >= 0.3 is 0 Å². The second-order valence-corrected chi connectivity index (χ2v) is 9.60. The van der Waals surface area contributed by atoms with Crippen molar-refractivity contribution in [3.63, 3.8) is 0 Å². The number of aromatic amines is 1. The second kappa shape index (κ2) is 14.3. The van der Waals surface area contributed by atoms with Gasteiger partial charge in [-0.1, -0.05) is 128 Å². The minimum atomic E-state index is 1.22. The van der Waals surface area contributed by atoms with Crippen LogP contribution in [0.4, 0.5) is 0 Å². The first-order valence-electron chi connectivity index (χ1n) is 13.4. The van der Waals surface area contributed by atoms with E-state index in [0.29, 0.717) is 0 Å². The maximum Gasteiger partial charge on any atom is 0.0465 e. The molecule has 0 amide bonds. The summed E-state index contributed by atoms with van der Waals surface area (Å²) in [5, 5.41) is 2.73. The molecular weight excluding hydrogens is 374 g/mol. The van der Waals surface area contributed by atoms with Gasteiger partial charge in [0.05, 0.1) is 0 Å². The van der Waals surface area contributed by atoms with Crippen LogP contribution < -0.4 is 0 Å². The van der Waals surface area contributed by atoms with Crippen LogP contribution in [0.1, 0.15) is 115 Å². The minimum Gasteiger partial charge on any atom is -0.355 e. The highest BCUT2D eigenvalue weighted by Crippen LogP contribution is 2.26. The average Bonchev–Trinajstić information content (AvgIpc) is 3.17. The Morgan fingerprint density at radius 3 is 1.65 bits per heavy atom. The van der Waals surface area contributed by atoms with E-state index >= 15 is 0 Å². The fraction of sp³-hybridized carbons (Fsp3) is 0.600. The summed E-state index contributed by atoms with van der Waals surface area (Å²) in [6.45, 7) is 2.30.